The lowest BCUT2D eigenvalue weighted by molar-refractivity contribution is -0.384. The Labute approximate surface area is 158 Å². The molecule has 27 heavy (non-hydrogen) atoms. The number of nitro groups is 1. The lowest BCUT2D eigenvalue weighted by atomic mass is 10.1. The maximum Gasteiger partial charge on any atom is 0.269 e. The van der Waals surface area contributed by atoms with Crippen LogP contribution in [0.25, 0.3) is 20.8 Å². The van der Waals surface area contributed by atoms with E-state index < -0.39 is 4.92 Å². The van der Waals surface area contributed by atoms with Crippen molar-refractivity contribution in [1.29, 1.82) is 0 Å². The van der Waals surface area contributed by atoms with Crippen LogP contribution in [0, 0.1) is 10.1 Å². The van der Waals surface area contributed by atoms with E-state index in [1.165, 1.54) is 24.3 Å². The Balaban J connectivity index is 1.64. The molecule has 1 amide bonds. The number of amides is 1. The normalized spacial score (nSPS) is 10.7. The number of aromatic nitrogens is 1. The number of nitrogens with one attached hydrogen (secondary N) is 1. The number of hydrogen-bond acceptors (Lipinski definition) is 5. The van der Waals surface area contributed by atoms with Crippen LogP contribution in [0.3, 0.4) is 0 Å². The number of nitro benzene ring substituents is 1. The van der Waals surface area contributed by atoms with Crippen molar-refractivity contribution in [3.63, 3.8) is 0 Å². The summed E-state index contributed by atoms with van der Waals surface area (Å²) >= 11 is 1.56. The zero-order valence-electron chi connectivity index (χ0n) is 14.0. The summed E-state index contributed by atoms with van der Waals surface area (Å²) in [4.78, 5) is 27.5. The number of carbonyl (C=O) groups is 1. The van der Waals surface area contributed by atoms with Crippen molar-refractivity contribution in [2.45, 2.75) is 0 Å². The summed E-state index contributed by atoms with van der Waals surface area (Å²) in [6, 6.07) is 20.8. The number of carbonyl (C=O) groups excluding carboxylic acids is 1. The standard InChI is InChI=1S/C20H13N3O3S/c24-19(13-9-11-14(12-10-13)23(25)26)21-16-6-2-1-5-15(16)20-22-17-7-3-4-8-18(17)27-20/h1-12H,(H,21,24). The van der Waals surface area contributed by atoms with Gasteiger partial charge in [0, 0.05) is 23.3 Å². The Bertz CT molecular complexity index is 1120. The average Bonchev–Trinajstić information content (AvgIpc) is 3.12. The van der Waals surface area contributed by atoms with Gasteiger partial charge < -0.3 is 5.32 Å². The lowest BCUT2D eigenvalue weighted by Crippen LogP contribution is -2.12. The summed E-state index contributed by atoms with van der Waals surface area (Å²) < 4.78 is 1.07. The van der Waals surface area contributed by atoms with Crippen molar-refractivity contribution in [2.24, 2.45) is 0 Å². The first-order valence-electron chi connectivity index (χ1n) is 8.12. The molecular weight excluding hydrogens is 362 g/mol. The van der Waals surface area contributed by atoms with E-state index in [1.54, 1.807) is 11.3 Å². The molecule has 7 heteroatoms. The van der Waals surface area contributed by atoms with Crippen LogP contribution in [0.5, 0.6) is 0 Å². The third-order valence-electron chi connectivity index (χ3n) is 4.04. The quantitative estimate of drug-likeness (QED) is 0.396. The fraction of sp³-hybridized carbons (Fsp3) is 0. The molecule has 0 aliphatic rings. The number of thiazole rings is 1. The van der Waals surface area contributed by atoms with Gasteiger partial charge in [-0.2, -0.15) is 0 Å². The summed E-state index contributed by atoms with van der Waals surface area (Å²) in [5, 5.41) is 14.4. The first-order chi connectivity index (χ1) is 13.1. The van der Waals surface area contributed by atoms with E-state index in [0.29, 0.717) is 11.3 Å². The monoisotopic (exact) mass is 375 g/mol. The molecule has 1 heterocycles. The molecule has 4 aromatic rings. The SMILES string of the molecule is O=C(Nc1ccccc1-c1nc2ccccc2s1)c1ccc([N+](=O)[O-])cc1. The summed E-state index contributed by atoms with van der Waals surface area (Å²) in [7, 11) is 0. The van der Waals surface area contributed by atoms with Crippen LogP contribution < -0.4 is 5.32 Å². The molecule has 3 aromatic carbocycles. The fourth-order valence-corrected chi connectivity index (χ4v) is 3.70. The molecule has 0 saturated carbocycles. The van der Waals surface area contributed by atoms with Crippen LogP contribution in [0.1, 0.15) is 10.4 Å². The van der Waals surface area contributed by atoms with Gasteiger partial charge >= 0.3 is 0 Å². The number of non-ortho nitro benzene ring substituents is 1. The second-order valence-electron chi connectivity index (χ2n) is 5.79. The van der Waals surface area contributed by atoms with E-state index in [-0.39, 0.29) is 11.6 Å². The first kappa shape index (κ1) is 16.9. The van der Waals surface area contributed by atoms with Crippen molar-refractivity contribution in [3.05, 3.63) is 88.5 Å². The largest absolute Gasteiger partial charge is 0.321 e. The summed E-state index contributed by atoms with van der Waals surface area (Å²) in [5.74, 6) is -0.335. The predicted molar refractivity (Wildman–Crippen MR) is 106 cm³/mol. The molecule has 0 unspecified atom stereocenters. The third-order valence-corrected chi connectivity index (χ3v) is 5.11. The van der Waals surface area contributed by atoms with E-state index in [0.717, 1.165) is 20.8 Å². The van der Waals surface area contributed by atoms with E-state index in [2.05, 4.69) is 10.3 Å². The Morgan fingerprint density at radius 2 is 1.67 bits per heavy atom. The molecule has 0 spiro atoms. The Kier molecular flexibility index (Phi) is 4.35. The minimum atomic E-state index is -0.496. The summed E-state index contributed by atoms with van der Waals surface area (Å²) in [6.07, 6.45) is 0. The minimum absolute atomic E-state index is 0.0542. The number of rotatable bonds is 4. The van der Waals surface area contributed by atoms with Crippen LogP contribution in [0.4, 0.5) is 11.4 Å². The van der Waals surface area contributed by atoms with Crippen LogP contribution in [0.15, 0.2) is 72.8 Å². The third kappa shape index (κ3) is 3.40. The number of nitrogens with zero attached hydrogens (tertiary/aromatic N) is 2. The van der Waals surface area contributed by atoms with Crippen molar-refractivity contribution >= 4 is 38.8 Å². The van der Waals surface area contributed by atoms with Gasteiger partial charge in [-0.1, -0.05) is 24.3 Å². The van der Waals surface area contributed by atoms with Crippen molar-refractivity contribution < 1.29 is 9.72 Å². The van der Waals surface area contributed by atoms with Crippen molar-refractivity contribution in [1.82, 2.24) is 4.98 Å². The van der Waals surface area contributed by atoms with Crippen LogP contribution >= 0.6 is 11.3 Å². The molecule has 6 nitrogen and oxygen atoms in total. The minimum Gasteiger partial charge on any atom is -0.321 e. The highest BCUT2D eigenvalue weighted by molar-refractivity contribution is 7.21. The molecule has 0 aliphatic heterocycles. The second kappa shape index (κ2) is 6.97. The Morgan fingerprint density at radius 3 is 2.41 bits per heavy atom. The van der Waals surface area contributed by atoms with Crippen LogP contribution in [-0.2, 0) is 0 Å². The number of anilines is 1. The molecule has 0 radical (unpaired) electrons. The van der Waals surface area contributed by atoms with E-state index >= 15 is 0 Å². The van der Waals surface area contributed by atoms with Crippen LogP contribution in [-0.4, -0.2) is 15.8 Å². The summed E-state index contributed by atoms with van der Waals surface area (Å²) in [6.45, 7) is 0. The highest BCUT2D eigenvalue weighted by atomic mass is 32.1. The van der Waals surface area contributed by atoms with Crippen LogP contribution in [0.2, 0.25) is 0 Å². The maximum absolute atomic E-state index is 12.6. The summed E-state index contributed by atoms with van der Waals surface area (Å²) in [5.41, 5.74) is 2.67. The second-order valence-corrected chi connectivity index (χ2v) is 6.82. The van der Waals surface area contributed by atoms with Gasteiger partial charge in [-0.3, -0.25) is 14.9 Å². The molecule has 0 atom stereocenters. The molecule has 4 rings (SSSR count). The zero-order valence-corrected chi connectivity index (χ0v) is 14.8. The molecular formula is C20H13N3O3S. The molecule has 1 N–H and O–H groups in total. The van der Waals surface area contributed by atoms with Gasteiger partial charge in [0.05, 0.1) is 20.8 Å². The molecule has 1 aromatic heterocycles. The molecule has 0 fully saturated rings. The predicted octanol–water partition coefficient (Wildman–Crippen LogP) is 5.12. The van der Waals surface area contributed by atoms with E-state index in [1.807, 2.05) is 48.5 Å². The van der Waals surface area contributed by atoms with Gasteiger partial charge in [-0.05, 0) is 36.4 Å². The number of hydrogen-bond donors (Lipinski definition) is 1. The average molecular weight is 375 g/mol. The number of benzene rings is 3. The van der Waals surface area contributed by atoms with Crippen molar-refractivity contribution in [2.75, 3.05) is 5.32 Å². The highest BCUT2D eigenvalue weighted by Gasteiger charge is 2.14. The highest BCUT2D eigenvalue weighted by Crippen LogP contribution is 2.34. The van der Waals surface area contributed by atoms with Gasteiger partial charge in [0.1, 0.15) is 5.01 Å². The van der Waals surface area contributed by atoms with Gasteiger partial charge in [-0.25, -0.2) is 4.98 Å². The van der Waals surface area contributed by atoms with Gasteiger partial charge in [0.2, 0.25) is 0 Å². The van der Waals surface area contributed by atoms with Crippen molar-refractivity contribution in [3.8, 4) is 10.6 Å². The fourth-order valence-electron chi connectivity index (χ4n) is 2.70. The zero-order chi connectivity index (χ0) is 18.8. The van der Waals surface area contributed by atoms with Gasteiger partial charge in [0.25, 0.3) is 11.6 Å². The Morgan fingerprint density at radius 1 is 0.963 bits per heavy atom. The van der Waals surface area contributed by atoms with Gasteiger partial charge in [0.15, 0.2) is 0 Å². The number of fused-ring (bicyclic) bond motifs is 1. The van der Waals surface area contributed by atoms with E-state index in [4.69, 9.17) is 0 Å². The first-order valence-corrected chi connectivity index (χ1v) is 8.94. The topological polar surface area (TPSA) is 85.1 Å². The molecule has 0 aliphatic carbocycles. The molecule has 0 saturated heterocycles. The number of para-hydroxylation sites is 2. The van der Waals surface area contributed by atoms with E-state index in [9.17, 15) is 14.9 Å². The maximum atomic E-state index is 12.6. The lowest BCUT2D eigenvalue weighted by Gasteiger charge is -2.09. The van der Waals surface area contributed by atoms with Gasteiger partial charge in [-0.15, -0.1) is 11.3 Å². The molecule has 132 valence electrons. The molecule has 0 bridgehead atoms. The Hall–Kier alpha value is -3.58. The smallest absolute Gasteiger partial charge is 0.269 e.